The summed E-state index contributed by atoms with van der Waals surface area (Å²) < 4.78 is 10.2. The summed E-state index contributed by atoms with van der Waals surface area (Å²) in [5, 5.41) is 3.41. The van der Waals surface area contributed by atoms with Crippen LogP contribution in [0.1, 0.15) is 26.7 Å². The van der Waals surface area contributed by atoms with Gasteiger partial charge in [-0.3, -0.25) is 0 Å². The van der Waals surface area contributed by atoms with E-state index in [9.17, 15) is 0 Å². The van der Waals surface area contributed by atoms with Crippen molar-refractivity contribution in [2.24, 2.45) is 0 Å². The van der Waals surface area contributed by atoms with Crippen LogP contribution in [0.2, 0.25) is 0 Å². The van der Waals surface area contributed by atoms with E-state index in [2.05, 4.69) is 19.2 Å². The average molecular weight is 189 g/mol. The third-order valence-corrected chi connectivity index (χ3v) is 2.00. The Balaban J connectivity index is 2.91. The van der Waals surface area contributed by atoms with Crippen LogP contribution in [0.5, 0.6) is 0 Å². The van der Waals surface area contributed by atoms with Crippen LogP contribution in [-0.4, -0.2) is 39.5 Å². The van der Waals surface area contributed by atoms with E-state index < -0.39 is 0 Å². The fourth-order valence-electron chi connectivity index (χ4n) is 0.911. The molecule has 0 aliphatic heterocycles. The van der Waals surface area contributed by atoms with Crippen molar-refractivity contribution in [3.8, 4) is 0 Å². The lowest BCUT2D eigenvalue weighted by Crippen LogP contribution is -2.26. The van der Waals surface area contributed by atoms with Crippen molar-refractivity contribution in [2.45, 2.75) is 32.7 Å². The summed E-state index contributed by atoms with van der Waals surface area (Å²) in [6.45, 7) is 7.66. The smallest absolute Gasteiger partial charge is 0.0700 e. The first-order valence-electron chi connectivity index (χ1n) is 5.11. The maximum absolute atomic E-state index is 5.32. The Hall–Kier alpha value is -0.120. The van der Waals surface area contributed by atoms with Gasteiger partial charge in [-0.15, -0.1) is 0 Å². The lowest BCUT2D eigenvalue weighted by molar-refractivity contribution is 0.0693. The van der Waals surface area contributed by atoms with Crippen molar-refractivity contribution in [1.82, 2.24) is 5.32 Å². The van der Waals surface area contributed by atoms with Crippen molar-refractivity contribution < 1.29 is 9.47 Å². The molecule has 0 aromatic carbocycles. The molecule has 1 N–H and O–H groups in total. The zero-order valence-electron chi connectivity index (χ0n) is 9.14. The third-order valence-electron chi connectivity index (χ3n) is 2.00. The highest BCUT2D eigenvalue weighted by Gasteiger charge is 1.95. The Morgan fingerprint density at radius 3 is 2.62 bits per heavy atom. The Morgan fingerprint density at radius 1 is 1.23 bits per heavy atom. The number of methoxy groups -OCH3 is 1. The standard InChI is InChI=1S/C10H23NO2/c1-4-10(2)11-6-5-7-13-9-8-12-3/h10-11H,4-9H2,1-3H3. The monoisotopic (exact) mass is 189 g/mol. The molecule has 0 aromatic rings. The molecule has 0 amide bonds. The molecule has 0 heterocycles. The van der Waals surface area contributed by atoms with E-state index in [0.717, 1.165) is 19.6 Å². The number of rotatable bonds is 9. The molecule has 0 rings (SSSR count). The molecule has 0 bridgehead atoms. The van der Waals surface area contributed by atoms with Crippen LogP contribution < -0.4 is 5.32 Å². The van der Waals surface area contributed by atoms with E-state index in [0.29, 0.717) is 19.3 Å². The normalized spacial score (nSPS) is 13.2. The molecule has 80 valence electrons. The van der Waals surface area contributed by atoms with Gasteiger partial charge in [-0.25, -0.2) is 0 Å². The molecule has 0 saturated heterocycles. The summed E-state index contributed by atoms with van der Waals surface area (Å²) in [5.41, 5.74) is 0. The lowest BCUT2D eigenvalue weighted by atomic mass is 10.2. The zero-order chi connectivity index (χ0) is 9.94. The second kappa shape index (κ2) is 9.96. The van der Waals surface area contributed by atoms with Gasteiger partial charge in [0.25, 0.3) is 0 Å². The molecule has 0 fully saturated rings. The van der Waals surface area contributed by atoms with Gasteiger partial charge in [-0.05, 0) is 26.3 Å². The SMILES string of the molecule is CCC(C)NCCCOCCOC. The molecule has 1 unspecified atom stereocenters. The van der Waals surface area contributed by atoms with E-state index in [1.807, 2.05) is 0 Å². The molecular formula is C10H23NO2. The molecule has 0 radical (unpaired) electrons. The van der Waals surface area contributed by atoms with E-state index in [1.54, 1.807) is 7.11 Å². The van der Waals surface area contributed by atoms with Gasteiger partial charge >= 0.3 is 0 Å². The van der Waals surface area contributed by atoms with E-state index in [1.165, 1.54) is 6.42 Å². The van der Waals surface area contributed by atoms with Gasteiger partial charge in [-0.1, -0.05) is 6.92 Å². The molecule has 0 aromatic heterocycles. The van der Waals surface area contributed by atoms with E-state index in [4.69, 9.17) is 9.47 Å². The van der Waals surface area contributed by atoms with Gasteiger partial charge in [0.2, 0.25) is 0 Å². The zero-order valence-corrected chi connectivity index (χ0v) is 9.14. The van der Waals surface area contributed by atoms with Crippen molar-refractivity contribution >= 4 is 0 Å². The van der Waals surface area contributed by atoms with Gasteiger partial charge in [0.1, 0.15) is 0 Å². The molecule has 0 spiro atoms. The van der Waals surface area contributed by atoms with Crippen LogP contribution in [0, 0.1) is 0 Å². The largest absolute Gasteiger partial charge is 0.382 e. The number of hydrogen-bond donors (Lipinski definition) is 1. The lowest BCUT2D eigenvalue weighted by Gasteiger charge is -2.10. The van der Waals surface area contributed by atoms with Gasteiger partial charge < -0.3 is 14.8 Å². The predicted molar refractivity (Wildman–Crippen MR) is 55.1 cm³/mol. The van der Waals surface area contributed by atoms with Crippen molar-refractivity contribution in [1.29, 1.82) is 0 Å². The minimum atomic E-state index is 0.624. The summed E-state index contributed by atoms with van der Waals surface area (Å²) in [7, 11) is 1.69. The summed E-state index contributed by atoms with van der Waals surface area (Å²) in [6.07, 6.45) is 2.26. The first-order valence-corrected chi connectivity index (χ1v) is 5.11. The molecule has 1 atom stereocenters. The Labute approximate surface area is 81.8 Å². The Kier molecular flexibility index (Phi) is 9.87. The van der Waals surface area contributed by atoms with E-state index >= 15 is 0 Å². The summed E-state index contributed by atoms with van der Waals surface area (Å²) in [6, 6.07) is 0.624. The molecule has 0 aliphatic carbocycles. The van der Waals surface area contributed by atoms with Crippen molar-refractivity contribution in [3.05, 3.63) is 0 Å². The topological polar surface area (TPSA) is 30.5 Å². The molecule has 0 aliphatic rings. The highest BCUT2D eigenvalue weighted by molar-refractivity contribution is 4.56. The summed E-state index contributed by atoms with van der Waals surface area (Å²) in [5.74, 6) is 0. The Bertz CT molecular complexity index is 98.9. The molecule has 13 heavy (non-hydrogen) atoms. The number of hydrogen-bond acceptors (Lipinski definition) is 3. The van der Waals surface area contributed by atoms with Crippen LogP contribution in [-0.2, 0) is 9.47 Å². The van der Waals surface area contributed by atoms with E-state index in [-0.39, 0.29) is 0 Å². The predicted octanol–water partition coefficient (Wildman–Crippen LogP) is 1.43. The number of nitrogens with one attached hydrogen (secondary N) is 1. The van der Waals surface area contributed by atoms with Crippen LogP contribution in [0.25, 0.3) is 0 Å². The van der Waals surface area contributed by atoms with Crippen LogP contribution in [0.3, 0.4) is 0 Å². The minimum absolute atomic E-state index is 0.624. The minimum Gasteiger partial charge on any atom is -0.382 e. The molecule has 3 nitrogen and oxygen atoms in total. The Morgan fingerprint density at radius 2 is 2.00 bits per heavy atom. The maximum Gasteiger partial charge on any atom is 0.0700 e. The average Bonchev–Trinajstić information content (AvgIpc) is 2.16. The second-order valence-electron chi connectivity index (χ2n) is 3.22. The maximum atomic E-state index is 5.32. The molecule has 0 saturated carbocycles. The van der Waals surface area contributed by atoms with Crippen molar-refractivity contribution in [3.63, 3.8) is 0 Å². The first kappa shape index (κ1) is 12.9. The van der Waals surface area contributed by atoms with Gasteiger partial charge in [0.15, 0.2) is 0 Å². The quantitative estimate of drug-likeness (QED) is 0.557. The molecule has 3 heteroatoms. The van der Waals surface area contributed by atoms with Crippen LogP contribution >= 0.6 is 0 Å². The fraction of sp³-hybridized carbons (Fsp3) is 1.00. The highest BCUT2D eigenvalue weighted by Crippen LogP contribution is 1.88. The summed E-state index contributed by atoms with van der Waals surface area (Å²) >= 11 is 0. The highest BCUT2D eigenvalue weighted by atomic mass is 16.5. The van der Waals surface area contributed by atoms with Crippen LogP contribution in [0.4, 0.5) is 0 Å². The first-order chi connectivity index (χ1) is 6.31. The van der Waals surface area contributed by atoms with Gasteiger partial charge in [0.05, 0.1) is 13.2 Å². The summed E-state index contributed by atoms with van der Waals surface area (Å²) in [4.78, 5) is 0. The van der Waals surface area contributed by atoms with Crippen molar-refractivity contribution in [2.75, 3.05) is 33.5 Å². The van der Waals surface area contributed by atoms with Gasteiger partial charge in [0, 0.05) is 19.8 Å². The van der Waals surface area contributed by atoms with Crippen LogP contribution in [0.15, 0.2) is 0 Å². The number of ether oxygens (including phenoxy) is 2. The fourth-order valence-corrected chi connectivity index (χ4v) is 0.911. The third kappa shape index (κ3) is 9.80. The molecular weight excluding hydrogens is 166 g/mol. The second-order valence-corrected chi connectivity index (χ2v) is 3.22. The van der Waals surface area contributed by atoms with Gasteiger partial charge in [-0.2, -0.15) is 0 Å².